The summed E-state index contributed by atoms with van der Waals surface area (Å²) in [5, 5.41) is 17.8. The van der Waals surface area contributed by atoms with Gasteiger partial charge in [0.05, 0.1) is 6.54 Å². The van der Waals surface area contributed by atoms with Crippen LogP contribution in [0.2, 0.25) is 0 Å². The van der Waals surface area contributed by atoms with Gasteiger partial charge in [-0.1, -0.05) is 0 Å². The third-order valence-electron chi connectivity index (χ3n) is 1.15. The molecule has 0 aliphatic carbocycles. The van der Waals surface area contributed by atoms with E-state index >= 15 is 0 Å². The Morgan fingerprint density at radius 2 is 1.82 bits per heavy atom. The molecular weight excluding hydrogens is 164 g/mol. The Bertz CT molecular complexity index is 139. The number of aliphatic hydroxyl groups is 2. The molecule has 0 heterocycles. The summed E-state index contributed by atoms with van der Waals surface area (Å²) in [6.45, 7) is 0.136. The maximum absolute atomic E-state index is 8.59. The Kier molecular flexibility index (Phi) is 4.32. The van der Waals surface area contributed by atoms with E-state index < -0.39 is 6.29 Å². The molecule has 0 atom stereocenters. The normalized spacial score (nSPS) is 10.0. The van der Waals surface area contributed by atoms with E-state index in [1.54, 1.807) is 16.8 Å². The highest BCUT2D eigenvalue weighted by atomic mass is 32.1. The van der Waals surface area contributed by atoms with E-state index in [-0.39, 0.29) is 6.54 Å². The van der Waals surface area contributed by atoms with E-state index in [2.05, 4.69) is 0 Å². The molecule has 0 saturated heterocycles. The van der Waals surface area contributed by atoms with Crippen LogP contribution in [0.5, 0.6) is 0 Å². The first-order valence-electron chi connectivity index (χ1n) is 3.23. The second-order valence-corrected chi connectivity index (χ2v) is 2.90. The fourth-order valence-electron chi connectivity index (χ4n) is 0.664. The largest absolute Gasteiger partial charge is 0.367 e. The summed E-state index contributed by atoms with van der Waals surface area (Å²) in [5.74, 6) is 0. The molecule has 0 aromatic heterocycles. The van der Waals surface area contributed by atoms with Crippen molar-refractivity contribution in [3.8, 4) is 0 Å². The highest BCUT2D eigenvalue weighted by Gasteiger charge is 2.08. The van der Waals surface area contributed by atoms with Crippen molar-refractivity contribution in [2.45, 2.75) is 6.29 Å². The number of hydrogen-bond donors (Lipinski definition) is 2. The molecule has 2 N–H and O–H groups in total. The van der Waals surface area contributed by atoms with Gasteiger partial charge in [0.1, 0.15) is 0 Å². The molecule has 0 spiro atoms. The fourth-order valence-corrected chi connectivity index (χ4v) is 0.739. The smallest absolute Gasteiger partial charge is 0.170 e. The molecule has 0 unspecified atom stereocenters. The summed E-state index contributed by atoms with van der Waals surface area (Å²) < 4.78 is 0. The van der Waals surface area contributed by atoms with Gasteiger partial charge < -0.3 is 20.0 Å². The Morgan fingerprint density at radius 1 is 1.36 bits per heavy atom. The van der Waals surface area contributed by atoms with Crippen LogP contribution in [0.4, 0.5) is 0 Å². The van der Waals surface area contributed by atoms with Gasteiger partial charge in [-0.25, -0.2) is 0 Å². The Hall–Kier alpha value is -0.390. The van der Waals surface area contributed by atoms with Gasteiger partial charge in [-0.05, 0) is 12.2 Å². The van der Waals surface area contributed by atoms with Crippen LogP contribution in [-0.4, -0.2) is 59.1 Å². The van der Waals surface area contributed by atoms with Gasteiger partial charge in [0, 0.05) is 21.1 Å². The highest BCUT2D eigenvalue weighted by molar-refractivity contribution is 7.80. The van der Waals surface area contributed by atoms with Crippen molar-refractivity contribution in [3.63, 3.8) is 0 Å². The summed E-state index contributed by atoms with van der Waals surface area (Å²) in [7, 11) is 5.33. The lowest BCUT2D eigenvalue weighted by Crippen LogP contribution is -2.40. The van der Waals surface area contributed by atoms with E-state index in [9.17, 15) is 0 Å². The number of rotatable bonds is 2. The van der Waals surface area contributed by atoms with Gasteiger partial charge >= 0.3 is 0 Å². The van der Waals surface area contributed by atoms with Crippen LogP contribution in [0.25, 0.3) is 0 Å². The lowest BCUT2D eigenvalue weighted by atomic mass is 10.5. The molecular formula is C6H14N2O2S. The minimum Gasteiger partial charge on any atom is -0.367 e. The standard InChI is InChI=1S/C6H14N2O2S/c1-7(2)6(11)8(3)4-5(9)10/h5,9-10H,4H2,1-3H3. The number of aliphatic hydroxyl groups excluding tert-OH is 1. The molecule has 0 aromatic carbocycles. The van der Waals surface area contributed by atoms with E-state index in [1.165, 1.54) is 0 Å². The van der Waals surface area contributed by atoms with Crippen molar-refractivity contribution in [2.24, 2.45) is 0 Å². The van der Waals surface area contributed by atoms with Crippen molar-refractivity contribution < 1.29 is 10.2 Å². The average molecular weight is 178 g/mol. The summed E-state index contributed by atoms with van der Waals surface area (Å²) in [6, 6.07) is 0. The maximum atomic E-state index is 8.59. The van der Waals surface area contributed by atoms with E-state index in [0.717, 1.165) is 0 Å². The van der Waals surface area contributed by atoms with E-state index in [4.69, 9.17) is 22.4 Å². The molecule has 0 saturated carbocycles. The fraction of sp³-hybridized carbons (Fsp3) is 0.833. The average Bonchev–Trinajstić information content (AvgIpc) is 1.84. The summed E-state index contributed by atoms with van der Waals surface area (Å²) >= 11 is 4.95. The van der Waals surface area contributed by atoms with Crippen LogP contribution in [0.1, 0.15) is 0 Å². The van der Waals surface area contributed by atoms with Crippen LogP contribution >= 0.6 is 12.2 Å². The summed E-state index contributed by atoms with van der Waals surface area (Å²) in [5.41, 5.74) is 0. The van der Waals surface area contributed by atoms with Gasteiger partial charge in [0.2, 0.25) is 0 Å². The zero-order valence-corrected chi connectivity index (χ0v) is 7.80. The van der Waals surface area contributed by atoms with E-state index in [1.807, 2.05) is 14.1 Å². The van der Waals surface area contributed by atoms with Crippen LogP contribution in [0, 0.1) is 0 Å². The molecule has 0 rings (SSSR count). The third kappa shape index (κ3) is 4.13. The summed E-state index contributed by atoms with van der Waals surface area (Å²) in [4.78, 5) is 3.33. The zero-order chi connectivity index (χ0) is 9.02. The molecule has 0 aliphatic rings. The lowest BCUT2D eigenvalue weighted by Gasteiger charge is -2.25. The van der Waals surface area contributed by atoms with Gasteiger partial charge in [0.15, 0.2) is 11.4 Å². The zero-order valence-electron chi connectivity index (χ0n) is 6.98. The second-order valence-electron chi connectivity index (χ2n) is 2.54. The molecule has 0 fully saturated rings. The molecule has 11 heavy (non-hydrogen) atoms. The first-order valence-corrected chi connectivity index (χ1v) is 3.64. The minimum absolute atomic E-state index is 0.136. The molecule has 0 bridgehead atoms. The minimum atomic E-state index is -1.34. The van der Waals surface area contributed by atoms with Crippen LogP contribution in [0.3, 0.4) is 0 Å². The predicted molar refractivity (Wildman–Crippen MR) is 47.1 cm³/mol. The maximum Gasteiger partial charge on any atom is 0.170 e. The predicted octanol–water partition coefficient (Wildman–Crippen LogP) is -0.925. The Balaban J connectivity index is 3.83. The SMILES string of the molecule is CN(C)C(=S)N(C)CC(O)O. The molecule has 0 amide bonds. The number of hydrogen-bond acceptors (Lipinski definition) is 3. The van der Waals surface area contributed by atoms with Gasteiger partial charge in [-0.15, -0.1) is 0 Å². The third-order valence-corrected chi connectivity index (χ3v) is 1.82. The van der Waals surface area contributed by atoms with Gasteiger partial charge in [-0.3, -0.25) is 0 Å². The number of likely N-dealkylation sites (N-methyl/N-ethyl adjacent to an activating group) is 1. The monoisotopic (exact) mass is 178 g/mol. The first kappa shape index (κ1) is 10.6. The Labute approximate surface area is 72.0 Å². The summed E-state index contributed by atoms with van der Waals surface area (Å²) in [6.07, 6.45) is -1.34. The molecule has 0 radical (unpaired) electrons. The number of thiocarbonyl (C=S) groups is 1. The van der Waals surface area contributed by atoms with Crippen molar-refractivity contribution in [3.05, 3.63) is 0 Å². The lowest BCUT2D eigenvalue weighted by molar-refractivity contribution is -0.0491. The molecule has 66 valence electrons. The first-order chi connectivity index (χ1) is 4.95. The topological polar surface area (TPSA) is 46.9 Å². The van der Waals surface area contributed by atoms with Crippen LogP contribution in [-0.2, 0) is 0 Å². The van der Waals surface area contributed by atoms with E-state index in [0.29, 0.717) is 5.11 Å². The Morgan fingerprint density at radius 3 is 2.09 bits per heavy atom. The molecule has 0 aromatic rings. The van der Waals surface area contributed by atoms with Gasteiger partial charge in [0.25, 0.3) is 0 Å². The van der Waals surface area contributed by atoms with Crippen molar-refractivity contribution in [1.82, 2.24) is 9.80 Å². The van der Waals surface area contributed by atoms with Crippen molar-refractivity contribution in [2.75, 3.05) is 27.7 Å². The van der Waals surface area contributed by atoms with Crippen molar-refractivity contribution >= 4 is 17.3 Å². The number of nitrogens with zero attached hydrogens (tertiary/aromatic N) is 2. The molecule has 0 aliphatic heterocycles. The molecule has 4 nitrogen and oxygen atoms in total. The van der Waals surface area contributed by atoms with Crippen LogP contribution in [0.15, 0.2) is 0 Å². The highest BCUT2D eigenvalue weighted by Crippen LogP contribution is 1.92. The van der Waals surface area contributed by atoms with Crippen molar-refractivity contribution in [1.29, 1.82) is 0 Å². The molecule has 5 heteroatoms. The van der Waals surface area contributed by atoms with Gasteiger partial charge in [-0.2, -0.15) is 0 Å². The quantitative estimate of drug-likeness (QED) is 0.423. The van der Waals surface area contributed by atoms with Crippen LogP contribution < -0.4 is 0 Å². The second kappa shape index (κ2) is 4.48.